The molecule has 0 atom stereocenters. The number of rotatable bonds is 4. The van der Waals surface area contributed by atoms with E-state index >= 15 is 0 Å². The first-order valence-electron chi connectivity index (χ1n) is 7.74. The summed E-state index contributed by atoms with van der Waals surface area (Å²) in [6.45, 7) is 1.37. The predicted molar refractivity (Wildman–Crippen MR) is 96.8 cm³/mol. The van der Waals surface area contributed by atoms with E-state index < -0.39 is 5.97 Å². The zero-order valence-electron chi connectivity index (χ0n) is 13.6. The summed E-state index contributed by atoms with van der Waals surface area (Å²) in [6, 6.07) is 20.0. The molecule has 0 aliphatic carbocycles. The highest BCUT2D eigenvalue weighted by molar-refractivity contribution is 6.04. The number of fused-ring (bicyclic) bond motifs is 1. The third-order valence-corrected chi connectivity index (χ3v) is 3.56. The SMILES string of the molecule is CC(=O)N/N=C/c1c(OC(=O)c2ccccc2)ccc2ccccc12. The molecule has 5 heteroatoms. The summed E-state index contributed by atoms with van der Waals surface area (Å²) < 4.78 is 5.55. The monoisotopic (exact) mass is 332 g/mol. The zero-order valence-corrected chi connectivity index (χ0v) is 13.6. The van der Waals surface area contributed by atoms with Crippen LogP contribution in [0.1, 0.15) is 22.8 Å². The minimum Gasteiger partial charge on any atom is -0.422 e. The molecule has 3 aromatic carbocycles. The van der Waals surface area contributed by atoms with Crippen LogP contribution in [0, 0.1) is 0 Å². The Balaban J connectivity index is 2.00. The number of hydrazone groups is 1. The number of hydrogen-bond acceptors (Lipinski definition) is 4. The summed E-state index contributed by atoms with van der Waals surface area (Å²) in [5.41, 5.74) is 3.44. The van der Waals surface area contributed by atoms with E-state index in [2.05, 4.69) is 10.5 Å². The highest BCUT2D eigenvalue weighted by atomic mass is 16.5. The van der Waals surface area contributed by atoms with E-state index in [-0.39, 0.29) is 5.91 Å². The minimum atomic E-state index is -0.454. The smallest absolute Gasteiger partial charge is 0.343 e. The van der Waals surface area contributed by atoms with Crippen molar-refractivity contribution in [3.8, 4) is 5.75 Å². The van der Waals surface area contributed by atoms with E-state index in [0.717, 1.165) is 10.8 Å². The molecule has 5 nitrogen and oxygen atoms in total. The molecule has 0 radical (unpaired) electrons. The molecule has 25 heavy (non-hydrogen) atoms. The Hall–Kier alpha value is -3.47. The Kier molecular flexibility index (Phi) is 4.85. The predicted octanol–water partition coefficient (Wildman–Crippen LogP) is 3.53. The Morgan fingerprint density at radius 3 is 2.44 bits per heavy atom. The zero-order chi connectivity index (χ0) is 17.6. The van der Waals surface area contributed by atoms with Gasteiger partial charge in [0.25, 0.3) is 0 Å². The summed E-state index contributed by atoms with van der Waals surface area (Å²) in [5.74, 6) is -0.356. The maximum atomic E-state index is 12.3. The fourth-order valence-electron chi connectivity index (χ4n) is 2.42. The number of amides is 1. The average molecular weight is 332 g/mol. The standard InChI is InChI=1S/C20H16N2O3/c1-14(23)22-21-13-18-17-10-6-5-7-15(17)11-12-19(18)25-20(24)16-8-3-2-4-9-16/h2-13H,1H3,(H,22,23)/b21-13+. The highest BCUT2D eigenvalue weighted by Crippen LogP contribution is 2.27. The first kappa shape index (κ1) is 16.4. The number of carbonyl (C=O) groups is 2. The van der Waals surface area contributed by atoms with Crippen LogP contribution in [-0.2, 0) is 4.79 Å². The number of hydrogen-bond donors (Lipinski definition) is 1. The summed E-state index contributed by atoms with van der Waals surface area (Å²) in [5, 5.41) is 5.76. The lowest BCUT2D eigenvalue weighted by atomic mass is 10.0. The van der Waals surface area contributed by atoms with Gasteiger partial charge in [0.15, 0.2) is 0 Å². The lowest BCUT2D eigenvalue weighted by Crippen LogP contribution is -2.13. The van der Waals surface area contributed by atoms with Crippen molar-refractivity contribution in [1.82, 2.24) is 5.43 Å². The number of nitrogens with zero attached hydrogens (tertiary/aromatic N) is 1. The quantitative estimate of drug-likeness (QED) is 0.344. The number of esters is 1. The summed E-state index contributed by atoms with van der Waals surface area (Å²) >= 11 is 0. The molecule has 0 spiro atoms. The lowest BCUT2D eigenvalue weighted by molar-refractivity contribution is -0.118. The Morgan fingerprint density at radius 1 is 0.960 bits per heavy atom. The second-order valence-corrected chi connectivity index (χ2v) is 5.38. The van der Waals surface area contributed by atoms with Gasteiger partial charge < -0.3 is 4.74 Å². The molecule has 1 amide bonds. The molecular formula is C20H16N2O3. The molecule has 0 bridgehead atoms. The van der Waals surface area contributed by atoms with Crippen LogP contribution < -0.4 is 10.2 Å². The van der Waals surface area contributed by atoms with Gasteiger partial charge in [0.2, 0.25) is 5.91 Å². The largest absolute Gasteiger partial charge is 0.422 e. The summed E-state index contributed by atoms with van der Waals surface area (Å²) in [4.78, 5) is 23.4. The van der Waals surface area contributed by atoms with E-state index in [1.54, 1.807) is 30.3 Å². The molecule has 0 aliphatic rings. The van der Waals surface area contributed by atoms with Gasteiger partial charge in [-0.25, -0.2) is 10.2 Å². The van der Waals surface area contributed by atoms with Crippen LogP contribution in [0.2, 0.25) is 0 Å². The van der Waals surface area contributed by atoms with E-state index in [1.165, 1.54) is 13.1 Å². The van der Waals surface area contributed by atoms with Crippen molar-refractivity contribution >= 4 is 28.9 Å². The van der Waals surface area contributed by atoms with Crippen molar-refractivity contribution < 1.29 is 14.3 Å². The van der Waals surface area contributed by atoms with Crippen LogP contribution >= 0.6 is 0 Å². The summed E-state index contributed by atoms with van der Waals surface area (Å²) in [7, 11) is 0. The van der Waals surface area contributed by atoms with Gasteiger partial charge in [-0.2, -0.15) is 5.10 Å². The number of benzene rings is 3. The van der Waals surface area contributed by atoms with E-state index in [9.17, 15) is 9.59 Å². The first-order chi connectivity index (χ1) is 12.1. The third kappa shape index (κ3) is 3.90. The van der Waals surface area contributed by atoms with Gasteiger partial charge in [0, 0.05) is 12.5 Å². The summed E-state index contributed by atoms with van der Waals surface area (Å²) in [6.07, 6.45) is 1.48. The van der Waals surface area contributed by atoms with E-state index in [0.29, 0.717) is 16.9 Å². The van der Waals surface area contributed by atoms with Gasteiger partial charge in [-0.3, -0.25) is 4.79 Å². The maximum Gasteiger partial charge on any atom is 0.343 e. The Morgan fingerprint density at radius 2 is 1.68 bits per heavy atom. The van der Waals surface area contributed by atoms with Gasteiger partial charge in [-0.05, 0) is 29.0 Å². The molecule has 0 aromatic heterocycles. The van der Waals surface area contributed by atoms with Crippen molar-refractivity contribution in [1.29, 1.82) is 0 Å². The second kappa shape index (κ2) is 7.40. The van der Waals surface area contributed by atoms with Crippen molar-refractivity contribution in [3.05, 3.63) is 77.9 Å². The van der Waals surface area contributed by atoms with Crippen LogP contribution in [0.5, 0.6) is 5.75 Å². The van der Waals surface area contributed by atoms with Gasteiger partial charge in [0.1, 0.15) is 5.75 Å². The molecule has 0 unspecified atom stereocenters. The number of carbonyl (C=O) groups excluding carboxylic acids is 2. The normalized spacial score (nSPS) is 10.8. The van der Waals surface area contributed by atoms with Crippen LogP contribution in [0.3, 0.4) is 0 Å². The van der Waals surface area contributed by atoms with Gasteiger partial charge in [-0.1, -0.05) is 48.5 Å². The van der Waals surface area contributed by atoms with E-state index in [4.69, 9.17) is 4.74 Å². The number of ether oxygens (including phenoxy) is 1. The van der Waals surface area contributed by atoms with Gasteiger partial charge >= 0.3 is 5.97 Å². The van der Waals surface area contributed by atoms with Crippen molar-refractivity contribution in [2.24, 2.45) is 5.10 Å². The fraction of sp³-hybridized carbons (Fsp3) is 0.0500. The number of nitrogens with one attached hydrogen (secondary N) is 1. The third-order valence-electron chi connectivity index (χ3n) is 3.56. The minimum absolute atomic E-state index is 0.278. The Labute approximate surface area is 144 Å². The van der Waals surface area contributed by atoms with Crippen LogP contribution in [-0.4, -0.2) is 18.1 Å². The maximum absolute atomic E-state index is 12.3. The van der Waals surface area contributed by atoms with E-state index in [1.807, 2.05) is 36.4 Å². The average Bonchev–Trinajstić information content (AvgIpc) is 2.63. The first-order valence-corrected chi connectivity index (χ1v) is 7.74. The van der Waals surface area contributed by atoms with Crippen LogP contribution in [0.25, 0.3) is 10.8 Å². The molecule has 0 fully saturated rings. The molecular weight excluding hydrogens is 316 g/mol. The van der Waals surface area contributed by atoms with Crippen molar-refractivity contribution in [2.45, 2.75) is 6.92 Å². The molecule has 0 aliphatic heterocycles. The van der Waals surface area contributed by atoms with Crippen molar-refractivity contribution in [3.63, 3.8) is 0 Å². The highest BCUT2D eigenvalue weighted by Gasteiger charge is 2.13. The molecule has 124 valence electrons. The molecule has 0 saturated carbocycles. The van der Waals surface area contributed by atoms with Gasteiger partial charge in [-0.15, -0.1) is 0 Å². The lowest BCUT2D eigenvalue weighted by Gasteiger charge is -2.10. The van der Waals surface area contributed by atoms with Crippen LogP contribution in [0.15, 0.2) is 71.8 Å². The molecule has 1 N–H and O–H groups in total. The van der Waals surface area contributed by atoms with Gasteiger partial charge in [0.05, 0.1) is 11.8 Å². The fourth-order valence-corrected chi connectivity index (χ4v) is 2.42. The second-order valence-electron chi connectivity index (χ2n) is 5.38. The van der Waals surface area contributed by atoms with Crippen LogP contribution in [0.4, 0.5) is 0 Å². The Bertz CT molecular complexity index is 950. The molecule has 3 aromatic rings. The van der Waals surface area contributed by atoms with Crippen molar-refractivity contribution in [2.75, 3.05) is 0 Å². The molecule has 0 heterocycles. The topological polar surface area (TPSA) is 67.8 Å². The molecule has 0 saturated heterocycles. The molecule has 3 rings (SSSR count).